The standard InChI is InChI=1S/C23H23F2N5O/c1-14-10-28(11-15(2)27-14)23(31)29-12-21-22(16-3-5-17(24)6-4-16)26-13-30(21)19-8-7-18(25)9-20(19)29/h3-9,13-15,27H,10-12H2,1-2H3. The Morgan fingerprint density at radius 2 is 1.68 bits per heavy atom. The van der Waals surface area contributed by atoms with Crippen LogP contribution in [0.4, 0.5) is 19.3 Å². The number of benzene rings is 2. The third-order valence-corrected chi connectivity index (χ3v) is 5.84. The third-order valence-electron chi connectivity index (χ3n) is 5.84. The van der Waals surface area contributed by atoms with E-state index in [2.05, 4.69) is 10.3 Å². The van der Waals surface area contributed by atoms with Crippen molar-refractivity contribution in [2.45, 2.75) is 32.5 Å². The number of carbonyl (C=O) groups excluding carboxylic acids is 1. The number of halogens is 2. The Morgan fingerprint density at radius 1 is 1.00 bits per heavy atom. The molecule has 1 aromatic heterocycles. The van der Waals surface area contributed by atoms with Crippen LogP contribution in [0.2, 0.25) is 0 Å². The zero-order valence-electron chi connectivity index (χ0n) is 17.3. The molecule has 2 aromatic carbocycles. The Morgan fingerprint density at radius 3 is 2.39 bits per heavy atom. The summed E-state index contributed by atoms with van der Waals surface area (Å²) in [6.07, 6.45) is 1.67. The lowest BCUT2D eigenvalue weighted by molar-refractivity contribution is 0.170. The second-order valence-electron chi connectivity index (χ2n) is 8.29. The minimum absolute atomic E-state index is 0.162. The number of imidazole rings is 1. The van der Waals surface area contributed by atoms with Gasteiger partial charge in [-0.2, -0.15) is 0 Å². The van der Waals surface area contributed by atoms with Gasteiger partial charge >= 0.3 is 6.03 Å². The van der Waals surface area contributed by atoms with Crippen LogP contribution in [0.25, 0.3) is 16.9 Å². The van der Waals surface area contributed by atoms with Crippen molar-refractivity contribution >= 4 is 11.7 Å². The Bertz CT molecular complexity index is 1120. The first-order valence-corrected chi connectivity index (χ1v) is 10.4. The van der Waals surface area contributed by atoms with Crippen LogP contribution in [0.3, 0.4) is 0 Å². The van der Waals surface area contributed by atoms with E-state index in [-0.39, 0.29) is 30.5 Å². The zero-order valence-corrected chi connectivity index (χ0v) is 17.3. The summed E-state index contributed by atoms with van der Waals surface area (Å²) >= 11 is 0. The van der Waals surface area contributed by atoms with Crippen LogP contribution in [0.5, 0.6) is 0 Å². The van der Waals surface area contributed by atoms with Gasteiger partial charge in [0.15, 0.2) is 0 Å². The molecule has 3 aromatic rings. The fraction of sp³-hybridized carbons (Fsp3) is 0.304. The Balaban J connectivity index is 1.58. The summed E-state index contributed by atoms with van der Waals surface area (Å²) in [6.45, 7) is 5.49. The molecule has 1 saturated heterocycles. The topological polar surface area (TPSA) is 53.4 Å². The number of nitrogens with zero attached hydrogens (tertiary/aromatic N) is 4. The third kappa shape index (κ3) is 3.46. The van der Waals surface area contributed by atoms with Gasteiger partial charge in [0.1, 0.15) is 18.0 Å². The highest BCUT2D eigenvalue weighted by Gasteiger charge is 2.34. The number of piperazine rings is 1. The molecule has 31 heavy (non-hydrogen) atoms. The number of fused-ring (bicyclic) bond motifs is 3. The highest BCUT2D eigenvalue weighted by atomic mass is 19.1. The Kier molecular flexibility index (Phi) is 4.74. The molecule has 0 aliphatic carbocycles. The van der Waals surface area contributed by atoms with Crippen molar-refractivity contribution in [1.29, 1.82) is 0 Å². The van der Waals surface area contributed by atoms with Crippen LogP contribution in [-0.2, 0) is 6.54 Å². The highest BCUT2D eigenvalue weighted by molar-refractivity contribution is 5.95. The van der Waals surface area contributed by atoms with E-state index in [0.29, 0.717) is 30.2 Å². The maximum atomic E-state index is 14.2. The summed E-state index contributed by atoms with van der Waals surface area (Å²) in [5, 5.41) is 3.42. The molecule has 8 heteroatoms. The van der Waals surface area contributed by atoms with Gasteiger partial charge in [0.25, 0.3) is 0 Å². The van der Waals surface area contributed by atoms with Gasteiger partial charge in [0.2, 0.25) is 0 Å². The van der Waals surface area contributed by atoms with Crippen LogP contribution in [0, 0.1) is 11.6 Å². The number of nitrogens with one attached hydrogen (secondary N) is 1. The molecule has 2 unspecified atom stereocenters. The summed E-state index contributed by atoms with van der Waals surface area (Å²) < 4.78 is 29.4. The second kappa shape index (κ2) is 7.46. The quantitative estimate of drug-likeness (QED) is 0.645. The minimum Gasteiger partial charge on any atom is -0.321 e. The molecule has 1 N–H and O–H groups in total. The van der Waals surface area contributed by atoms with E-state index in [1.165, 1.54) is 24.3 Å². The molecule has 0 radical (unpaired) electrons. The fourth-order valence-electron chi connectivity index (χ4n) is 4.56. The summed E-state index contributed by atoms with van der Waals surface area (Å²) in [6, 6.07) is 10.7. The first kappa shape index (κ1) is 19.7. The molecule has 3 heterocycles. The average Bonchev–Trinajstić information content (AvgIpc) is 3.16. The molecular weight excluding hydrogens is 400 g/mol. The van der Waals surface area contributed by atoms with Gasteiger partial charge in [0.05, 0.1) is 29.3 Å². The molecule has 2 amide bonds. The first-order valence-electron chi connectivity index (χ1n) is 10.4. The normalized spacial score (nSPS) is 20.4. The number of anilines is 1. The van der Waals surface area contributed by atoms with Crippen molar-refractivity contribution in [1.82, 2.24) is 19.8 Å². The van der Waals surface area contributed by atoms with Crippen molar-refractivity contribution < 1.29 is 13.6 Å². The Labute approximate surface area is 179 Å². The van der Waals surface area contributed by atoms with Crippen LogP contribution >= 0.6 is 0 Å². The van der Waals surface area contributed by atoms with Crippen molar-refractivity contribution in [3.63, 3.8) is 0 Å². The number of rotatable bonds is 1. The number of carbonyl (C=O) groups is 1. The molecule has 5 rings (SSSR count). The van der Waals surface area contributed by atoms with E-state index in [9.17, 15) is 13.6 Å². The molecule has 2 aliphatic rings. The van der Waals surface area contributed by atoms with Gasteiger partial charge in [0, 0.05) is 30.7 Å². The van der Waals surface area contributed by atoms with Gasteiger partial charge in [-0.15, -0.1) is 0 Å². The number of hydrogen-bond acceptors (Lipinski definition) is 3. The van der Waals surface area contributed by atoms with Gasteiger partial charge in [-0.3, -0.25) is 9.47 Å². The average molecular weight is 423 g/mol. The van der Waals surface area contributed by atoms with E-state index >= 15 is 0 Å². The van der Waals surface area contributed by atoms with Crippen LogP contribution in [-0.4, -0.2) is 45.7 Å². The van der Waals surface area contributed by atoms with Crippen molar-refractivity contribution in [3.05, 3.63) is 66.1 Å². The Hall–Kier alpha value is -3.26. The lowest BCUT2D eigenvalue weighted by atomic mass is 10.1. The van der Waals surface area contributed by atoms with Crippen LogP contribution in [0.1, 0.15) is 19.5 Å². The van der Waals surface area contributed by atoms with Gasteiger partial charge in [-0.05, 0) is 56.3 Å². The summed E-state index contributed by atoms with van der Waals surface area (Å²) in [7, 11) is 0. The maximum absolute atomic E-state index is 14.2. The van der Waals surface area contributed by atoms with Gasteiger partial charge in [-0.1, -0.05) is 0 Å². The molecule has 6 nitrogen and oxygen atoms in total. The van der Waals surface area contributed by atoms with Gasteiger partial charge < -0.3 is 10.2 Å². The number of amides is 2. The predicted octanol–water partition coefficient (Wildman–Crippen LogP) is 3.94. The fourth-order valence-corrected chi connectivity index (χ4v) is 4.56. The van der Waals surface area contributed by atoms with Crippen LogP contribution < -0.4 is 10.2 Å². The molecule has 0 spiro atoms. The van der Waals surface area contributed by atoms with E-state index in [0.717, 1.165) is 11.3 Å². The minimum atomic E-state index is -0.402. The van der Waals surface area contributed by atoms with Crippen molar-refractivity contribution in [2.24, 2.45) is 0 Å². The number of aromatic nitrogens is 2. The predicted molar refractivity (Wildman–Crippen MR) is 114 cm³/mol. The largest absolute Gasteiger partial charge is 0.325 e. The molecule has 0 bridgehead atoms. The summed E-state index contributed by atoms with van der Waals surface area (Å²) in [5.41, 5.74) is 3.44. The van der Waals surface area contributed by atoms with E-state index in [1.807, 2.05) is 23.3 Å². The molecule has 160 valence electrons. The maximum Gasteiger partial charge on any atom is 0.325 e. The number of urea groups is 1. The van der Waals surface area contributed by atoms with Crippen molar-refractivity contribution in [2.75, 3.05) is 18.0 Å². The smallest absolute Gasteiger partial charge is 0.321 e. The summed E-state index contributed by atoms with van der Waals surface area (Å²) in [4.78, 5) is 21.5. The van der Waals surface area contributed by atoms with E-state index < -0.39 is 5.82 Å². The monoisotopic (exact) mass is 423 g/mol. The highest BCUT2D eigenvalue weighted by Crippen LogP contribution is 2.37. The number of hydrogen-bond donors (Lipinski definition) is 1. The van der Waals surface area contributed by atoms with Gasteiger partial charge in [-0.25, -0.2) is 18.6 Å². The van der Waals surface area contributed by atoms with Crippen molar-refractivity contribution in [3.8, 4) is 16.9 Å². The van der Waals surface area contributed by atoms with E-state index in [4.69, 9.17) is 0 Å². The molecule has 1 fully saturated rings. The first-order chi connectivity index (χ1) is 14.9. The lowest BCUT2D eigenvalue weighted by Crippen LogP contribution is -2.58. The van der Waals surface area contributed by atoms with E-state index in [1.54, 1.807) is 29.4 Å². The molecule has 2 aliphatic heterocycles. The zero-order chi connectivity index (χ0) is 21.7. The van der Waals surface area contributed by atoms with Crippen LogP contribution in [0.15, 0.2) is 48.8 Å². The lowest BCUT2D eigenvalue weighted by Gasteiger charge is -2.40. The molecule has 0 saturated carbocycles. The second-order valence-corrected chi connectivity index (χ2v) is 8.29. The SMILES string of the molecule is CC1CN(C(=O)N2Cc3c(-c4ccc(F)cc4)ncn3-c3ccc(F)cc32)CC(C)N1. The molecule has 2 atom stereocenters. The molecular formula is C23H23F2N5O. The summed E-state index contributed by atoms with van der Waals surface area (Å²) in [5.74, 6) is -0.725.